The molecule has 0 saturated carbocycles. The van der Waals surface area contributed by atoms with Crippen LogP contribution in [0.25, 0.3) is 0 Å². The first kappa shape index (κ1) is 14.3. The lowest BCUT2D eigenvalue weighted by molar-refractivity contribution is -0.163. The van der Waals surface area contributed by atoms with Crippen LogP contribution >= 0.6 is 0 Å². The van der Waals surface area contributed by atoms with E-state index in [1.165, 1.54) is 6.07 Å². The molecule has 0 aliphatic heterocycles. The van der Waals surface area contributed by atoms with E-state index in [1.807, 2.05) is 0 Å². The van der Waals surface area contributed by atoms with Crippen molar-refractivity contribution in [1.29, 1.82) is 0 Å². The van der Waals surface area contributed by atoms with Crippen LogP contribution in [0.15, 0.2) is 12.1 Å². The summed E-state index contributed by atoms with van der Waals surface area (Å²) >= 11 is 0. The predicted octanol–water partition coefficient (Wildman–Crippen LogP) is 2.72. The summed E-state index contributed by atoms with van der Waals surface area (Å²) in [7, 11) is 0. The van der Waals surface area contributed by atoms with E-state index in [2.05, 4.69) is 0 Å². The third kappa shape index (κ3) is 2.72. The van der Waals surface area contributed by atoms with Crippen molar-refractivity contribution in [3.63, 3.8) is 0 Å². The molecular formula is C11H12F4N2O. The fraction of sp³-hybridized carbons (Fsp3) is 0.364. The molecule has 0 aliphatic carbocycles. The third-order valence-corrected chi connectivity index (χ3v) is 2.44. The summed E-state index contributed by atoms with van der Waals surface area (Å²) in [6.45, 7) is 3.24. The van der Waals surface area contributed by atoms with Crippen molar-refractivity contribution in [3.05, 3.63) is 23.3 Å². The Kier molecular flexibility index (Phi) is 3.83. The second kappa shape index (κ2) is 4.83. The van der Waals surface area contributed by atoms with Crippen LogP contribution in [0.1, 0.15) is 11.1 Å². The van der Waals surface area contributed by atoms with Gasteiger partial charge in [-0.2, -0.15) is 8.78 Å². The van der Waals surface area contributed by atoms with Crippen molar-refractivity contribution in [3.8, 4) is 0 Å². The largest absolute Gasteiger partial charge is 0.398 e. The van der Waals surface area contributed by atoms with E-state index < -0.39 is 18.3 Å². The highest BCUT2D eigenvalue weighted by Crippen LogP contribution is 2.27. The highest BCUT2D eigenvalue weighted by molar-refractivity contribution is 5.97. The summed E-state index contributed by atoms with van der Waals surface area (Å²) in [4.78, 5) is 11.0. The van der Waals surface area contributed by atoms with Gasteiger partial charge in [0.15, 0.2) is 0 Å². The first-order valence-electron chi connectivity index (χ1n) is 5.00. The molecule has 7 heteroatoms. The third-order valence-electron chi connectivity index (χ3n) is 2.44. The van der Waals surface area contributed by atoms with Gasteiger partial charge in [0.1, 0.15) is 0 Å². The molecule has 0 bridgehead atoms. The van der Waals surface area contributed by atoms with Gasteiger partial charge in [-0.05, 0) is 31.0 Å². The number of aryl methyl sites for hydroxylation is 2. The molecule has 100 valence electrons. The SMILES string of the molecule is Cc1cc(C)c(NC(=O)C(F)(F)C(F)F)cc1N. The number of anilines is 2. The smallest absolute Gasteiger partial charge is 0.383 e. The number of nitrogens with one attached hydrogen (secondary N) is 1. The highest BCUT2D eigenvalue weighted by atomic mass is 19.3. The number of halogens is 4. The van der Waals surface area contributed by atoms with Gasteiger partial charge in [0.05, 0.1) is 0 Å². The number of nitrogens with two attached hydrogens (primary N) is 1. The van der Waals surface area contributed by atoms with Gasteiger partial charge in [-0.15, -0.1) is 0 Å². The van der Waals surface area contributed by atoms with Gasteiger partial charge in [0, 0.05) is 11.4 Å². The standard InChI is InChI=1S/C11H12F4N2O/c1-5-3-6(2)8(4-7(5)16)17-10(18)11(14,15)9(12)13/h3-4,9H,16H2,1-2H3,(H,17,18). The molecule has 3 nitrogen and oxygen atoms in total. The molecule has 0 radical (unpaired) electrons. The van der Waals surface area contributed by atoms with Crippen molar-refractivity contribution >= 4 is 17.3 Å². The van der Waals surface area contributed by atoms with E-state index in [1.54, 1.807) is 25.2 Å². The van der Waals surface area contributed by atoms with E-state index >= 15 is 0 Å². The maximum atomic E-state index is 12.7. The van der Waals surface area contributed by atoms with E-state index in [-0.39, 0.29) is 11.4 Å². The van der Waals surface area contributed by atoms with Crippen molar-refractivity contribution in [2.24, 2.45) is 0 Å². The fourth-order valence-corrected chi connectivity index (χ4v) is 1.31. The quantitative estimate of drug-likeness (QED) is 0.651. The van der Waals surface area contributed by atoms with Gasteiger partial charge in [0.25, 0.3) is 0 Å². The van der Waals surface area contributed by atoms with Crippen LogP contribution in [0.5, 0.6) is 0 Å². The van der Waals surface area contributed by atoms with Crippen LogP contribution < -0.4 is 11.1 Å². The second-order valence-electron chi connectivity index (χ2n) is 3.90. The molecule has 0 aliphatic rings. The molecule has 0 heterocycles. The molecule has 1 amide bonds. The van der Waals surface area contributed by atoms with Crippen LogP contribution in [-0.4, -0.2) is 18.3 Å². The number of benzene rings is 1. The Labute approximate surface area is 101 Å². The number of hydrogen-bond donors (Lipinski definition) is 2. The summed E-state index contributed by atoms with van der Waals surface area (Å²) in [5, 5.41) is 1.75. The number of carbonyl (C=O) groups excluding carboxylic acids is 1. The zero-order valence-electron chi connectivity index (χ0n) is 9.73. The van der Waals surface area contributed by atoms with Crippen LogP contribution in [0.3, 0.4) is 0 Å². The number of nitrogen functional groups attached to an aromatic ring is 1. The molecule has 0 aromatic heterocycles. The van der Waals surface area contributed by atoms with Gasteiger partial charge in [-0.25, -0.2) is 8.78 Å². The highest BCUT2D eigenvalue weighted by Gasteiger charge is 2.49. The molecule has 0 spiro atoms. The van der Waals surface area contributed by atoms with E-state index in [0.29, 0.717) is 11.1 Å². The van der Waals surface area contributed by atoms with E-state index in [0.717, 1.165) is 0 Å². The van der Waals surface area contributed by atoms with Crippen molar-refractivity contribution in [2.75, 3.05) is 11.1 Å². The molecule has 0 unspecified atom stereocenters. The zero-order chi connectivity index (χ0) is 14.1. The van der Waals surface area contributed by atoms with E-state index in [4.69, 9.17) is 5.73 Å². The monoisotopic (exact) mass is 264 g/mol. The van der Waals surface area contributed by atoms with Crippen LogP contribution in [0.4, 0.5) is 28.9 Å². The lowest BCUT2D eigenvalue weighted by atomic mass is 10.1. The van der Waals surface area contributed by atoms with Crippen LogP contribution in [0, 0.1) is 13.8 Å². The minimum atomic E-state index is -4.73. The summed E-state index contributed by atoms with van der Waals surface area (Å²) in [5.74, 6) is -6.78. The minimum absolute atomic E-state index is 0.0107. The summed E-state index contributed by atoms with van der Waals surface area (Å²) in [6.07, 6.45) is -4.05. The Bertz CT molecular complexity index is 474. The Morgan fingerprint density at radius 1 is 1.28 bits per heavy atom. The van der Waals surface area contributed by atoms with Crippen molar-refractivity contribution in [2.45, 2.75) is 26.2 Å². The molecule has 0 saturated heterocycles. The molecule has 0 atom stereocenters. The van der Waals surface area contributed by atoms with Gasteiger partial charge >= 0.3 is 18.3 Å². The predicted molar refractivity (Wildman–Crippen MR) is 59.9 cm³/mol. The molecule has 1 aromatic carbocycles. The summed E-state index contributed by atoms with van der Waals surface area (Å²) in [6, 6.07) is 2.82. The topological polar surface area (TPSA) is 55.1 Å². The average molecular weight is 264 g/mol. The number of carbonyl (C=O) groups is 1. The Balaban J connectivity index is 2.99. The van der Waals surface area contributed by atoms with Crippen LogP contribution in [-0.2, 0) is 4.79 Å². The molecule has 18 heavy (non-hydrogen) atoms. The van der Waals surface area contributed by atoms with Gasteiger partial charge in [-0.3, -0.25) is 4.79 Å². The molecule has 0 fully saturated rings. The average Bonchev–Trinajstić information content (AvgIpc) is 2.25. The van der Waals surface area contributed by atoms with Crippen molar-refractivity contribution in [1.82, 2.24) is 0 Å². The normalized spacial score (nSPS) is 11.7. The first-order valence-corrected chi connectivity index (χ1v) is 5.00. The molecule has 1 aromatic rings. The maximum absolute atomic E-state index is 12.7. The molecule has 1 rings (SSSR count). The fourth-order valence-electron chi connectivity index (χ4n) is 1.31. The van der Waals surface area contributed by atoms with Gasteiger partial charge in [0.2, 0.25) is 0 Å². The lowest BCUT2D eigenvalue weighted by Gasteiger charge is -2.16. The minimum Gasteiger partial charge on any atom is -0.398 e. The summed E-state index contributed by atoms with van der Waals surface area (Å²) < 4.78 is 49.4. The summed E-state index contributed by atoms with van der Waals surface area (Å²) in [5.41, 5.74) is 6.97. The molecular weight excluding hydrogens is 252 g/mol. The number of alkyl halides is 4. The number of hydrogen-bond acceptors (Lipinski definition) is 2. The number of amides is 1. The Hall–Kier alpha value is -1.79. The zero-order valence-corrected chi connectivity index (χ0v) is 9.73. The molecule has 3 N–H and O–H groups in total. The number of rotatable bonds is 3. The Morgan fingerprint density at radius 3 is 2.33 bits per heavy atom. The second-order valence-corrected chi connectivity index (χ2v) is 3.90. The first-order chi connectivity index (χ1) is 8.16. The van der Waals surface area contributed by atoms with Gasteiger partial charge < -0.3 is 11.1 Å². The van der Waals surface area contributed by atoms with Crippen LogP contribution in [0.2, 0.25) is 0 Å². The van der Waals surface area contributed by atoms with Crippen molar-refractivity contribution < 1.29 is 22.4 Å². The lowest BCUT2D eigenvalue weighted by Crippen LogP contribution is -2.41. The Morgan fingerprint density at radius 2 is 1.83 bits per heavy atom. The van der Waals surface area contributed by atoms with E-state index in [9.17, 15) is 22.4 Å². The van der Waals surface area contributed by atoms with Gasteiger partial charge in [-0.1, -0.05) is 6.07 Å². The maximum Gasteiger partial charge on any atom is 0.383 e.